The second-order valence-corrected chi connectivity index (χ2v) is 5.25. The molecule has 0 spiro atoms. The molecule has 1 heterocycles. The number of amides is 2. The molecule has 2 rings (SSSR count). The smallest absolute Gasteiger partial charge is 0.387 e. The van der Waals surface area contributed by atoms with Crippen molar-refractivity contribution in [2.45, 2.75) is 45.4 Å². The Balaban J connectivity index is 1.96. The standard InChI is InChI=1S/C15H20F2N2O3/c1-9-11(5-3-6-12(9)22-14(16)17)19-15(20)18-10(2)13-7-4-8-21-13/h3,5-6,10,13-14H,4,7-8H2,1-2H3,(H2,18,19,20)/t10-,13+/m1/s1. The van der Waals surface area contributed by atoms with Gasteiger partial charge in [0.1, 0.15) is 5.75 Å². The van der Waals surface area contributed by atoms with E-state index in [9.17, 15) is 13.6 Å². The van der Waals surface area contributed by atoms with Crippen LogP contribution in [0.4, 0.5) is 19.3 Å². The molecule has 0 unspecified atom stereocenters. The summed E-state index contributed by atoms with van der Waals surface area (Å²) in [5.74, 6) is 0.0416. The zero-order valence-corrected chi connectivity index (χ0v) is 12.6. The number of rotatable bonds is 5. The summed E-state index contributed by atoms with van der Waals surface area (Å²) >= 11 is 0. The van der Waals surface area contributed by atoms with Gasteiger partial charge in [0.25, 0.3) is 0 Å². The fraction of sp³-hybridized carbons (Fsp3) is 0.533. The zero-order valence-electron chi connectivity index (χ0n) is 12.6. The summed E-state index contributed by atoms with van der Waals surface area (Å²) in [6.07, 6.45) is 1.92. The number of urea groups is 1. The number of carbonyl (C=O) groups is 1. The van der Waals surface area contributed by atoms with Crippen molar-refractivity contribution >= 4 is 11.7 Å². The molecular weight excluding hydrogens is 294 g/mol. The molecule has 1 aromatic rings. The van der Waals surface area contributed by atoms with Gasteiger partial charge in [0.15, 0.2) is 0 Å². The molecule has 0 radical (unpaired) electrons. The van der Waals surface area contributed by atoms with E-state index in [0.29, 0.717) is 17.9 Å². The zero-order chi connectivity index (χ0) is 16.1. The summed E-state index contributed by atoms with van der Waals surface area (Å²) < 4.78 is 34.5. The quantitative estimate of drug-likeness (QED) is 0.877. The van der Waals surface area contributed by atoms with Crippen molar-refractivity contribution in [3.8, 4) is 5.75 Å². The number of carbonyl (C=O) groups excluding carboxylic acids is 1. The van der Waals surface area contributed by atoms with Crippen molar-refractivity contribution in [3.05, 3.63) is 23.8 Å². The molecule has 1 aromatic carbocycles. The Kier molecular flexibility index (Phi) is 5.54. The van der Waals surface area contributed by atoms with E-state index >= 15 is 0 Å². The highest BCUT2D eigenvalue weighted by molar-refractivity contribution is 5.90. The van der Waals surface area contributed by atoms with Crippen molar-refractivity contribution < 1.29 is 23.0 Å². The predicted molar refractivity (Wildman–Crippen MR) is 78.4 cm³/mol. The molecule has 1 saturated heterocycles. The van der Waals surface area contributed by atoms with Crippen LogP contribution in [0.3, 0.4) is 0 Å². The van der Waals surface area contributed by atoms with Gasteiger partial charge in [-0.25, -0.2) is 4.79 Å². The average Bonchev–Trinajstić information content (AvgIpc) is 2.97. The predicted octanol–water partition coefficient (Wildman–Crippen LogP) is 3.29. The topological polar surface area (TPSA) is 59.6 Å². The Labute approximate surface area is 128 Å². The van der Waals surface area contributed by atoms with Crippen LogP contribution in [0.15, 0.2) is 18.2 Å². The number of hydrogen-bond donors (Lipinski definition) is 2. The number of benzene rings is 1. The largest absolute Gasteiger partial charge is 0.434 e. The third-order valence-corrected chi connectivity index (χ3v) is 3.63. The van der Waals surface area contributed by atoms with Crippen molar-refractivity contribution in [1.29, 1.82) is 0 Å². The summed E-state index contributed by atoms with van der Waals surface area (Å²) in [4.78, 5) is 12.0. The second kappa shape index (κ2) is 7.40. The van der Waals surface area contributed by atoms with E-state index in [0.717, 1.165) is 12.8 Å². The van der Waals surface area contributed by atoms with Crippen LogP contribution in [0.2, 0.25) is 0 Å². The van der Waals surface area contributed by atoms with Crippen LogP contribution in [-0.4, -0.2) is 31.4 Å². The fourth-order valence-electron chi connectivity index (χ4n) is 2.43. The Morgan fingerprint density at radius 2 is 2.23 bits per heavy atom. The number of hydrogen-bond acceptors (Lipinski definition) is 3. The van der Waals surface area contributed by atoms with E-state index in [4.69, 9.17) is 4.74 Å². The Bertz CT molecular complexity index is 520. The summed E-state index contributed by atoms with van der Waals surface area (Å²) in [5, 5.41) is 5.44. The minimum absolute atomic E-state index is 0.0142. The number of ether oxygens (including phenoxy) is 2. The molecule has 0 bridgehead atoms. The molecule has 2 N–H and O–H groups in total. The average molecular weight is 314 g/mol. The first kappa shape index (κ1) is 16.5. The summed E-state index contributed by atoms with van der Waals surface area (Å²) in [6.45, 7) is 1.29. The normalized spacial score (nSPS) is 19.0. The van der Waals surface area contributed by atoms with Crippen LogP contribution >= 0.6 is 0 Å². The maximum atomic E-state index is 12.3. The molecule has 1 aliphatic rings. The second-order valence-electron chi connectivity index (χ2n) is 5.25. The molecule has 1 fully saturated rings. The molecule has 7 heteroatoms. The molecule has 2 atom stereocenters. The number of nitrogens with one attached hydrogen (secondary N) is 2. The molecule has 22 heavy (non-hydrogen) atoms. The van der Waals surface area contributed by atoms with Crippen LogP contribution < -0.4 is 15.4 Å². The van der Waals surface area contributed by atoms with Gasteiger partial charge >= 0.3 is 12.6 Å². The van der Waals surface area contributed by atoms with E-state index in [1.165, 1.54) is 6.07 Å². The third-order valence-electron chi connectivity index (χ3n) is 3.63. The van der Waals surface area contributed by atoms with Crippen LogP contribution in [0.1, 0.15) is 25.3 Å². The van der Waals surface area contributed by atoms with Gasteiger partial charge in [-0.2, -0.15) is 8.78 Å². The number of alkyl halides is 2. The van der Waals surface area contributed by atoms with Gasteiger partial charge in [-0.05, 0) is 38.8 Å². The first-order chi connectivity index (χ1) is 10.5. The molecule has 122 valence electrons. The van der Waals surface area contributed by atoms with E-state index in [1.54, 1.807) is 19.1 Å². The Morgan fingerprint density at radius 1 is 1.45 bits per heavy atom. The molecular formula is C15H20F2N2O3. The van der Waals surface area contributed by atoms with Crippen molar-refractivity contribution in [2.75, 3.05) is 11.9 Å². The van der Waals surface area contributed by atoms with E-state index in [-0.39, 0.29) is 17.9 Å². The van der Waals surface area contributed by atoms with E-state index < -0.39 is 12.6 Å². The lowest BCUT2D eigenvalue weighted by Gasteiger charge is -2.21. The fourth-order valence-corrected chi connectivity index (χ4v) is 2.43. The SMILES string of the molecule is Cc1c(NC(=O)N[C@H](C)[C@@H]2CCCO2)cccc1OC(F)F. The van der Waals surface area contributed by atoms with Gasteiger partial charge in [0.2, 0.25) is 0 Å². The molecule has 1 aliphatic heterocycles. The molecule has 0 aliphatic carbocycles. The molecule has 2 amide bonds. The molecule has 5 nitrogen and oxygen atoms in total. The van der Waals surface area contributed by atoms with Gasteiger partial charge in [-0.3, -0.25) is 0 Å². The third kappa shape index (κ3) is 4.30. The first-order valence-corrected chi connectivity index (χ1v) is 7.21. The van der Waals surface area contributed by atoms with Crippen molar-refractivity contribution in [3.63, 3.8) is 0 Å². The lowest BCUT2D eigenvalue weighted by Crippen LogP contribution is -2.43. The highest BCUT2D eigenvalue weighted by Gasteiger charge is 2.23. The monoisotopic (exact) mass is 314 g/mol. The van der Waals surface area contributed by atoms with Crippen molar-refractivity contribution in [1.82, 2.24) is 5.32 Å². The number of halogens is 2. The van der Waals surface area contributed by atoms with E-state index in [1.807, 2.05) is 6.92 Å². The van der Waals surface area contributed by atoms with Crippen LogP contribution in [0, 0.1) is 6.92 Å². The number of anilines is 1. The first-order valence-electron chi connectivity index (χ1n) is 7.21. The summed E-state index contributed by atoms with van der Waals surface area (Å²) in [6, 6.07) is 4.08. The maximum Gasteiger partial charge on any atom is 0.387 e. The highest BCUT2D eigenvalue weighted by atomic mass is 19.3. The van der Waals surface area contributed by atoms with Gasteiger partial charge in [-0.15, -0.1) is 0 Å². The van der Waals surface area contributed by atoms with E-state index in [2.05, 4.69) is 15.4 Å². The Hall–Kier alpha value is -1.89. The highest BCUT2D eigenvalue weighted by Crippen LogP contribution is 2.26. The van der Waals surface area contributed by atoms with Crippen LogP contribution in [0.25, 0.3) is 0 Å². The molecule has 0 aromatic heterocycles. The van der Waals surface area contributed by atoms with Crippen LogP contribution in [0.5, 0.6) is 5.75 Å². The van der Waals surface area contributed by atoms with Gasteiger partial charge in [0.05, 0.1) is 12.1 Å². The minimum atomic E-state index is -2.90. The summed E-state index contributed by atoms with van der Waals surface area (Å²) in [7, 11) is 0. The molecule has 0 saturated carbocycles. The van der Waals surface area contributed by atoms with Gasteiger partial charge in [0, 0.05) is 17.9 Å². The van der Waals surface area contributed by atoms with Crippen molar-refractivity contribution in [2.24, 2.45) is 0 Å². The van der Waals surface area contributed by atoms with Gasteiger partial charge in [-0.1, -0.05) is 6.07 Å². The lowest BCUT2D eigenvalue weighted by atomic mass is 10.1. The van der Waals surface area contributed by atoms with Crippen LogP contribution in [-0.2, 0) is 4.74 Å². The summed E-state index contributed by atoms with van der Waals surface area (Å²) in [5.41, 5.74) is 0.873. The lowest BCUT2D eigenvalue weighted by molar-refractivity contribution is -0.0502. The van der Waals surface area contributed by atoms with Gasteiger partial charge < -0.3 is 20.1 Å². The maximum absolute atomic E-state index is 12.3. The minimum Gasteiger partial charge on any atom is -0.434 e. The Morgan fingerprint density at radius 3 is 2.86 bits per heavy atom.